The van der Waals surface area contributed by atoms with E-state index in [1.54, 1.807) is 0 Å². The molecule has 0 saturated carbocycles. The van der Waals surface area contributed by atoms with E-state index in [9.17, 15) is 43.2 Å². The van der Waals surface area contributed by atoms with Crippen LogP contribution in [0.1, 0.15) is 312 Å². The molecule has 0 amide bonds. The molecular weight excluding hydrogens is 1110 g/mol. The highest BCUT2D eigenvalue weighted by molar-refractivity contribution is 7.47. The van der Waals surface area contributed by atoms with Gasteiger partial charge in [0.1, 0.15) is 19.3 Å². The Hall–Kier alpha value is -1.94. The Morgan fingerprint density at radius 1 is 0.333 bits per heavy atom. The second-order valence-electron chi connectivity index (χ2n) is 25.2. The summed E-state index contributed by atoms with van der Waals surface area (Å²) in [5.74, 6) is 0.764. The number of phosphoric ester groups is 2. The van der Waals surface area contributed by atoms with E-state index < -0.39 is 97.5 Å². The molecule has 0 heterocycles. The van der Waals surface area contributed by atoms with E-state index in [0.717, 1.165) is 108 Å². The van der Waals surface area contributed by atoms with Crippen LogP contribution in [0.3, 0.4) is 0 Å². The maximum atomic E-state index is 13.0. The zero-order chi connectivity index (χ0) is 62.5. The molecule has 0 aromatic carbocycles. The fourth-order valence-corrected chi connectivity index (χ4v) is 11.2. The number of hydrogen-bond donors (Lipinski definition) is 3. The van der Waals surface area contributed by atoms with Crippen molar-refractivity contribution in [3.05, 3.63) is 0 Å². The number of carbonyl (C=O) groups is 4. The molecule has 0 radical (unpaired) electrons. The molecule has 0 bridgehead atoms. The SMILES string of the molecule is CCC(C)CCCCCCCCCCC(=O)OC[C@H](COP(=O)(O)OC[C@@H](O)COP(=O)(O)OC[C@@H](COC(=O)CCCCCCCCC(C)C)OC(=O)CCCCCCCCCC(C)C)OC(=O)CCCCCCCCCCCCC(C)C. The van der Waals surface area contributed by atoms with Gasteiger partial charge in [0.05, 0.1) is 26.4 Å². The molecule has 0 aliphatic carbocycles. The van der Waals surface area contributed by atoms with Crippen molar-refractivity contribution in [2.24, 2.45) is 23.7 Å². The first-order valence-corrected chi connectivity index (χ1v) is 36.7. The number of aliphatic hydroxyl groups is 1. The minimum atomic E-state index is -4.95. The highest BCUT2D eigenvalue weighted by Gasteiger charge is 2.30. The van der Waals surface area contributed by atoms with Crippen molar-refractivity contribution in [1.82, 2.24) is 0 Å². The van der Waals surface area contributed by atoms with Crippen LogP contribution >= 0.6 is 15.6 Å². The Labute approximate surface area is 511 Å². The van der Waals surface area contributed by atoms with E-state index in [0.29, 0.717) is 37.5 Å². The molecule has 84 heavy (non-hydrogen) atoms. The van der Waals surface area contributed by atoms with Crippen LogP contribution in [0, 0.1) is 23.7 Å². The smallest absolute Gasteiger partial charge is 0.462 e. The second kappa shape index (κ2) is 55.2. The van der Waals surface area contributed by atoms with E-state index in [1.807, 2.05) is 0 Å². The molecule has 0 spiro atoms. The van der Waals surface area contributed by atoms with Crippen molar-refractivity contribution in [3.63, 3.8) is 0 Å². The molecule has 0 fully saturated rings. The predicted molar refractivity (Wildman–Crippen MR) is 335 cm³/mol. The van der Waals surface area contributed by atoms with Crippen LogP contribution in [0.2, 0.25) is 0 Å². The Kier molecular flexibility index (Phi) is 53.9. The van der Waals surface area contributed by atoms with Crippen LogP contribution in [-0.4, -0.2) is 96.7 Å². The molecular formula is C65H126O17P2. The Bertz CT molecular complexity index is 1680. The zero-order valence-corrected chi connectivity index (χ0v) is 56.3. The van der Waals surface area contributed by atoms with Crippen molar-refractivity contribution in [3.8, 4) is 0 Å². The Morgan fingerprint density at radius 2 is 0.571 bits per heavy atom. The zero-order valence-electron chi connectivity index (χ0n) is 54.5. The fraction of sp³-hybridized carbons (Fsp3) is 0.938. The summed E-state index contributed by atoms with van der Waals surface area (Å²) in [4.78, 5) is 72.2. The van der Waals surface area contributed by atoms with Gasteiger partial charge in [0, 0.05) is 25.7 Å². The first-order chi connectivity index (χ1) is 40.1. The lowest BCUT2D eigenvalue weighted by Gasteiger charge is -2.21. The monoisotopic (exact) mass is 1240 g/mol. The van der Waals surface area contributed by atoms with Gasteiger partial charge in [-0.2, -0.15) is 0 Å². The summed E-state index contributed by atoms with van der Waals surface area (Å²) in [7, 11) is -9.89. The summed E-state index contributed by atoms with van der Waals surface area (Å²) in [5, 5.41) is 10.5. The first kappa shape index (κ1) is 82.1. The van der Waals surface area contributed by atoms with Gasteiger partial charge in [0.2, 0.25) is 0 Å². The van der Waals surface area contributed by atoms with Crippen molar-refractivity contribution in [2.75, 3.05) is 39.6 Å². The highest BCUT2D eigenvalue weighted by Crippen LogP contribution is 2.45. The van der Waals surface area contributed by atoms with Gasteiger partial charge in [-0.25, -0.2) is 9.13 Å². The standard InChI is InChI=1S/C65H126O17P2/c1-9-58(8)44-36-28-19-14-15-20-29-37-45-62(67)75-51-60(81-64(69)47-39-31-21-13-11-10-12-17-25-33-41-55(2)3)53-79-83(71,72)77-49-59(66)50-78-84(73,74)80-54-61(52-76-63(68)46-38-30-24-23-27-35-43-57(6)7)82-65(70)48-40-32-22-16-18-26-34-42-56(4)5/h55-61,66H,9-54H2,1-8H3,(H,71,72)(H,73,74)/t58?,59-,60-,61-/m1/s1. The van der Waals surface area contributed by atoms with Gasteiger partial charge in [-0.05, 0) is 49.4 Å². The lowest BCUT2D eigenvalue weighted by molar-refractivity contribution is -0.161. The van der Waals surface area contributed by atoms with Gasteiger partial charge < -0.3 is 33.8 Å². The molecule has 19 heteroatoms. The third-order valence-corrected chi connectivity index (χ3v) is 17.1. The summed E-state index contributed by atoms with van der Waals surface area (Å²) >= 11 is 0. The number of carbonyl (C=O) groups excluding carboxylic acids is 4. The quantitative estimate of drug-likeness (QED) is 0.0222. The van der Waals surface area contributed by atoms with Gasteiger partial charge in [-0.3, -0.25) is 37.3 Å². The van der Waals surface area contributed by atoms with Gasteiger partial charge in [0.25, 0.3) is 0 Å². The minimum absolute atomic E-state index is 0.102. The van der Waals surface area contributed by atoms with E-state index in [-0.39, 0.29) is 25.7 Å². The van der Waals surface area contributed by atoms with Gasteiger partial charge in [-0.1, -0.05) is 261 Å². The molecule has 3 N–H and O–H groups in total. The molecule has 0 rings (SSSR count). The van der Waals surface area contributed by atoms with Crippen LogP contribution in [0.15, 0.2) is 0 Å². The minimum Gasteiger partial charge on any atom is -0.462 e. The van der Waals surface area contributed by atoms with Crippen LogP contribution in [0.5, 0.6) is 0 Å². The third kappa shape index (κ3) is 57.8. The molecule has 0 aromatic heterocycles. The van der Waals surface area contributed by atoms with E-state index in [1.165, 1.54) is 109 Å². The van der Waals surface area contributed by atoms with Crippen molar-refractivity contribution in [1.29, 1.82) is 0 Å². The molecule has 498 valence electrons. The number of phosphoric acid groups is 2. The van der Waals surface area contributed by atoms with E-state index >= 15 is 0 Å². The summed E-state index contributed by atoms with van der Waals surface area (Å²) in [5.41, 5.74) is 0. The lowest BCUT2D eigenvalue weighted by atomic mass is 9.99. The third-order valence-electron chi connectivity index (χ3n) is 15.2. The molecule has 17 nitrogen and oxygen atoms in total. The summed E-state index contributed by atoms with van der Waals surface area (Å²) in [6.07, 6.45) is 35.0. The van der Waals surface area contributed by atoms with Gasteiger partial charge >= 0.3 is 39.5 Å². The summed E-state index contributed by atoms with van der Waals surface area (Å²) in [6, 6.07) is 0. The Morgan fingerprint density at radius 3 is 0.845 bits per heavy atom. The van der Waals surface area contributed by atoms with Gasteiger partial charge in [0.15, 0.2) is 12.2 Å². The topological polar surface area (TPSA) is 237 Å². The molecule has 0 aromatic rings. The second-order valence-corrected chi connectivity index (χ2v) is 28.1. The molecule has 0 saturated heterocycles. The van der Waals surface area contributed by atoms with Crippen molar-refractivity contribution in [2.45, 2.75) is 331 Å². The van der Waals surface area contributed by atoms with Crippen molar-refractivity contribution < 1.29 is 80.2 Å². The number of aliphatic hydroxyl groups excluding tert-OH is 1. The van der Waals surface area contributed by atoms with Crippen LogP contribution in [0.25, 0.3) is 0 Å². The number of ether oxygens (including phenoxy) is 4. The van der Waals surface area contributed by atoms with E-state index in [2.05, 4.69) is 55.4 Å². The number of rotatable bonds is 62. The Balaban J connectivity index is 5.26. The van der Waals surface area contributed by atoms with Crippen LogP contribution in [0.4, 0.5) is 0 Å². The molecule has 6 atom stereocenters. The average molecular weight is 1240 g/mol. The van der Waals surface area contributed by atoms with E-state index in [4.69, 9.17) is 37.0 Å². The molecule has 0 aliphatic heterocycles. The maximum Gasteiger partial charge on any atom is 0.472 e. The number of esters is 4. The summed E-state index contributed by atoms with van der Waals surface area (Å²) in [6.45, 7) is 13.9. The first-order valence-electron chi connectivity index (χ1n) is 33.7. The van der Waals surface area contributed by atoms with Crippen molar-refractivity contribution >= 4 is 39.5 Å². The maximum absolute atomic E-state index is 13.0. The largest absolute Gasteiger partial charge is 0.472 e. The predicted octanol–water partition coefficient (Wildman–Crippen LogP) is 17.8. The number of hydrogen-bond acceptors (Lipinski definition) is 15. The average Bonchev–Trinajstić information content (AvgIpc) is 3.47. The van der Waals surface area contributed by atoms with Crippen LogP contribution < -0.4 is 0 Å². The summed E-state index contributed by atoms with van der Waals surface area (Å²) < 4.78 is 68.0. The highest BCUT2D eigenvalue weighted by atomic mass is 31.2. The lowest BCUT2D eigenvalue weighted by Crippen LogP contribution is -2.30. The number of unbranched alkanes of at least 4 members (excludes halogenated alkanes) is 27. The van der Waals surface area contributed by atoms with Gasteiger partial charge in [-0.15, -0.1) is 0 Å². The normalized spacial score (nSPS) is 14.7. The van der Waals surface area contributed by atoms with Crippen LogP contribution in [-0.2, 0) is 65.4 Å². The fourth-order valence-electron chi connectivity index (χ4n) is 9.57. The molecule has 3 unspecified atom stereocenters. The molecule has 0 aliphatic rings.